The highest BCUT2D eigenvalue weighted by Crippen LogP contribution is 2.12. The van der Waals surface area contributed by atoms with Crippen molar-refractivity contribution >= 4 is 18.3 Å². The second-order valence-electron chi connectivity index (χ2n) is 4.90. The molecule has 1 amide bonds. The molecule has 21 heavy (non-hydrogen) atoms. The highest BCUT2D eigenvalue weighted by Gasteiger charge is 2.10. The average Bonchev–Trinajstić information content (AvgIpc) is 2.45. The van der Waals surface area contributed by atoms with Crippen LogP contribution in [0.25, 0.3) is 0 Å². The van der Waals surface area contributed by atoms with E-state index in [9.17, 15) is 4.79 Å². The number of ether oxygens (including phenoxy) is 1. The Hall–Kier alpha value is -1.26. The maximum atomic E-state index is 12.0. The van der Waals surface area contributed by atoms with E-state index in [-0.39, 0.29) is 24.4 Å². The molecule has 0 aliphatic carbocycles. The van der Waals surface area contributed by atoms with Crippen molar-refractivity contribution in [3.63, 3.8) is 0 Å². The van der Waals surface area contributed by atoms with Crippen molar-refractivity contribution in [3.8, 4) is 5.75 Å². The van der Waals surface area contributed by atoms with Crippen molar-refractivity contribution in [3.05, 3.63) is 29.8 Å². The molecule has 0 aliphatic heterocycles. The third kappa shape index (κ3) is 7.93. The molecule has 0 fully saturated rings. The Morgan fingerprint density at radius 3 is 2.48 bits per heavy atom. The van der Waals surface area contributed by atoms with Crippen molar-refractivity contribution in [2.24, 2.45) is 5.73 Å². The lowest BCUT2D eigenvalue weighted by Crippen LogP contribution is -2.40. The molecular weight excluding hydrogens is 288 g/mol. The zero-order valence-electron chi connectivity index (χ0n) is 12.9. The van der Waals surface area contributed by atoms with Gasteiger partial charge in [-0.3, -0.25) is 4.79 Å². The number of hydrogen-bond acceptors (Lipinski definition) is 3. The van der Waals surface area contributed by atoms with E-state index in [4.69, 9.17) is 10.5 Å². The van der Waals surface area contributed by atoms with Gasteiger partial charge in [-0.25, -0.2) is 0 Å². The Bertz CT molecular complexity index is 396. The van der Waals surface area contributed by atoms with Gasteiger partial charge in [0, 0.05) is 12.6 Å². The molecule has 0 saturated heterocycles. The SMILES string of the molecule is CCCCC(CN)NC(=O)Cc1ccc(OCC)cc1.Cl. The van der Waals surface area contributed by atoms with Gasteiger partial charge in [-0.1, -0.05) is 31.9 Å². The molecule has 0 heterocycles. The molecule has 0 aliphatic rings. The van der Waals surface area contributed by atoms with Crippen LogP contribution < -0.4 is 15.8 Å². The van der Waals surface area contributed by atoms with Gasteiger partial charge in [0.1, 0.15) is 5.75 Å². The largest absolute Gasteiger partial charge is 0.494 e. The Kier molecular flexibility index (Phi) is 10.7. The van der Waals surface area contributed by atoms with Gasteiger partial charge in [-0.15, -0.1) is 12.4 Å². The van der Waals surface area contributed by atoms with Crippen LogP contribution in [0.1, 0.15) is 38.7 Å². The summed E-state index contributed by atoms with van der Waals surface area (Å²) >= 11 is 0. The number of halogens is 1. The quantitative estimate of drug-likeness (QED) is 0.736. The molecule has 5 heteroatoms. The number of rotatable bonds is 9. The molecule has 0 spiro atoms. The van der Waals surface area contributed by atoms with Crippen LogP contribution in [0.3, 0.4) is 0 Å². The zero-order valence-corrected chi connectivity index (χ0v) is 13.7. The van der Waals surface area contributed by atoms with Gasteiger partial charge in [0.2, 0.25) is 5.91 Å². The van der Waals surface area contributed by atoms with Crippen molar-refractivity contribution in [1.29, 1.82) is 0 Å². The van der Waals surface area contributed by atoms with Crippen LogP contribution >= 0.6 is 12.4 Å². The van der Waals surface area contributed by atoms with Crippen molar-refractivity contribution in [2.45, 2.75) is 45.6 Å². The first-order valence-corrected chi connectivity index (χ1v) is 7.40. The van der Waals surface area contributed by atoms with Crippen LogP contribution in [0.4, 0.5) is 0 Å². The standard InChI is InChI=1S/C16H26N2O2.ClH/c1-3-5-6-14(12-17)18-16(19)11-13-7-9-15(10-8-13)20-4-2;/h7-10,14H,3-6,11-12,17H2,1-2H3,(H,18,19);1H. The van der Waals surface area contributed by atoms with E-state index in [0.29, 0.717) is 19.6 Å². The van der Waals surface area contributed by atoms with E-state index < -0.39 is 0 Å². The number of amides is 1. The van der Waals surface area contributed by atoms with E-state index in [2.05, 4.69) is 12.2 Å². The Morgan fingerprint density at radius 2 is 1.95 bits per heavy atom. The van der Waals surface area contributed by atoms with Gasteiger partial charge < -0.3 is 15.8 Å². The summed E-state index contributed by atoms with van der Waals surface area (Å²) in [5, 5.41) is 2.99. The van der Waals surface area contributed by atoms with Gasteiger partial charge in [0.05, 0.1) is 13.0 Å². The lowest BCUT2D eigenvalue weighted by atomic mass is 10.1. The predicted octanol–water partition coefficient (Wildman–Crippen LogP) is 2.68. The molecule has 1 aromatic carbocycles. The second-order valence-corrected chi connectivity index (χ2v) is 4.90. The summed E-state index contributed by atoms with van der Waals surface area (Å²) in [4.78, 5) is 12.0. The average molecular weight is 315 g/mol. The lowest BCUT2D eigenvalue weighted by molar-refractivity contribution is -0.121. The lowest BCUT2D eigenvalue weighted by Gasteiger charge is -2.16. The number of hydrogen-bond donors (Lipinski definition) is 2. The Labute approximate surface area is 133 Å². The fourth-order valence-corrected chi connectivity index (χ4v) is 2.03. The molecule has 0 bridgehead atoms. The molecule has 1 rings (SSSR count). The highest BCUT2D eigenvalue weighted by atomic mass is 35.5. The first kappa shape index (κ1) is 19.7. The highest BCUT2D eigenvalue weighted by molar-refractivity contribution is 5.85. The summed E-state index contributed by atoms with van der Waals surface area (Å²) in [6.45, 7) is 5.23. The van der Waals surface area contributed by atoms with E-state index in [0.717, 1.165) is 30.6 Å². The molecular formula is C16H27ClN2O2. The summed E-state index contributed by atoms with van der Waals surface area (Å²) in [7, 11) is 0. The van der Waals surface area contributed by atoms with Crippen LogP contribution in [0.2, 0.25) is 0 Å². The monoisotopic (exact) mass is 314 g/mol. The molecule has 1 atom stereocenters. The number of unbranched alkanes of at least 4 members (excludes halogenated alkanes) is 1. The summed E-state index contributed by atoms with van der Waals surface area (Å²) in [5.41, 5.74) is 6.66. The molecule has 0 radical (unpaired) electrons. The summed E-state index contributed by atoms with van der Waals surface area (Å²) in [6.07, 6.45) is 3.54. The van der Waals surface area contributed by atoms with Gasteiger partial charge >= 0.3 is 0 Å². The van der Waals surface area contributed by atoms with Gasteiger partial charge in [0.25, 0.3) is 0 Å². The maximum absolute atomic E-state index is 12.0. The van der Waals surface area contributed by atoms with Crippen LogP contribution in [0, 0.1) is 0 Å². The number of carbonyl (C=O) groups is 1. The van der Waals surface area contributed by atoms with Gasteiger partial charge in [0.15, 0.2) is 0 Å². The van der Waals surface area contributed by atoms with Crippen LogP contribution in [-0.4, -0.2) is 25.1 Å². The topological polar surface area (TPSA) is 64.3 Å². The minimum absolute atomic E-state index is 0. The second kappa shape index (κ2) is 11.4. The molecule has 3 N–H and O–H groups in total. The number of benzene rings is 1. The Balaban J connectivity index is 0.00000400. The van der Waals surface area contributed by atoms with Crippen molar-refractivity contribution in [2.75, 3.05) is 13.2 Å². The normalized spacial score (nSPS) is 11.4. The van der Waals surface area contributed by atoms with Crippen LogP contribution in [-0.2, 0) is 11.2 Å². The van der Waals surface area contributed by atoms with Crippen molar-refractivity contribution in [1.82, 2.24) is 5.32 Å². The van der Waals surface area contributed by atoms with E-state index in [1.165, 1.54) is 0 Å². The summed E-state index contributed by atoms with van der Waals surface area (Å²) in [6, 6.07) is 7.72. The number of carbonyl (C=O) groups excluding carboxylic acids is 1. The smallest absolute Gasteiger partial charge is 0.224 e. The molecule has 1 aromatic rings. The van der Waals surface area contributed by atoms with Gasteiger partial charge in [-0.2, -0.15) is 0 Å². The van der Waals surface area contributed by atoms with Crippen LogP contribution in [0.15, 0.2) is 24.3 Å². The molecule has 1 unspecified atom stereocenters. The third-order valence-corrected chi connectivity index (χ3v) is 3.15. The first-order chi connectivity index (χ1) is 9.69. The zero-order chi connectivity index (χ0) is 14.8. The molecule has 0 aromatic heterocycles. The Morgan fingerprint density at radius 1 is 1.29 bits per heavy atom. The summed E-state index contributed by atoms with van der Waals surface area (Å²) < 4.78 is 5.37. The molecule has 0 saturated carbocycles. The first-order valence-electron chi connectivity index (χ1n) is 7.40. The number of nitrogens with one attached hydrogen (secondary N) is 1. The summed E-state index contributed by atoms with van der Waals surface area (Å²) in [5.74, 6) is 0.861. The van der Waals surface area contributed by atoms with E-state index >= 15 is 0 Å². The minimum Gasteiger partial charge on any atom is -0.494 e. The molecule has 120 valence electrons. The van der Waals surface area contributed by atoms with E-state index in [1.807, 2.05) is 31.2 Å². The fourth-order valence-electron chi connectivity index (χ4n) is 2.03. The minimum atomic E-state index is 0. The predicted molar refractivity (Wildman–Crippen MR) is 89.1 cm³/mol. The fraction of sp³-hybridized carbons (Fsp3) is 0.562. The number of nitrogens with two attached hydrogens (primary N) is 1. The molecule has 4 nitrogen and oxygen atoms in total. The van der Waals surface area contributed by atoms with Gasteiger partial charge in [-0.05, 0) is 31.0 Å². The van der Waals surface area contributed by atoms with Crippen LogP contribution in [0.5, 0.6) is 5.75 Å². The van der Waals surface area contributed by atoms with E-state index in [1.54, 1.807) is 0 Å². The third-order valence-electron chi connectivity index (χ3n) is 3.15. The van der Waals surface area contributed by atoms with Crippen molar-refractivity contribution < 1.29 is 9.53 Å². The maximum Gasteiger partial charge on any atom is 0.224 e.